The Kier molecular flexibility index (Phi) is 9.66. The third-order valence-electron chi connectivity index (χ3n) is 3.19. The highest BCUT2D eigenvalue weighted by Gasteiger charge is 2.16. The number of benzene rings is 2. The zero-order chi connectivity index (χ0) is 22.0. The lowest BCUT2D eigenvalue weighted by molar-refractivity contribution is 0.0676. The third kappa shape index (κ3) is 6.24. The van der Waals surface area contributed by atoms with Gasteiger partial charge in [0.25, 0.3) is 0 Å². The Hall–Kier alpha value is -3.68. The van der Waals surface area contributed by atoms with Crippen molar-refractivity contribution in [3.63, 3.8) is 0 Å². The molecule has 0 saturated carbocycles. The maximum absolute atomic E-state index is 11.1. The fourth-order valence-corrected chi connectivity index (χ4v) is 2.08. The molecule has 2 aromatic carbocycles. The summed E-state index contributed by atoms with van der Waals surface area (Å²) in [5.74, 6) is -5.47. The van der Waals surface area contributed by atoms with Crippen LogP contribution in [0.4, 0.5) is 0 Å². The van der Waals surface area contributed by atoms with Gasteiger partial charge >= 0.3 is 23.9 Å². The molecule has 0 heterocycles. The molecule has 0 fully saturated rings. The Balaban J connectivity index is 0.00000171. The van der Waals surface area contributed by atoms with Gasteiger partial charge in [-0.2, -0.15) is 0 Å². The van der Waals surface area contributed by atoms with Crippen molar-refractivity contribution in [2.45, 2.75) is 27.7 Å². The van der Waals surface area contributed by atoms with Crippen LogP contribution < -0.4 is 0 Å². The van der Waals surface area contributed by atoms with Crippen LogP contribution in [0, 0.1) is 0 Å². The molecule has 0 radical (unpaired) electrons. The fraction of sp³-hybridized carbons (Fsp3) is 0.200. The summed E-state index contributed by atoms with van der Waals surface area (Å²) in [6.45, 7) is 8.00. The Morgan fingerprint density at radius 1 is 0.464 bits per heavy atom. The summed E-state index contributed by atoms with van der Waals surface area (Å²) in [6, 6.07) is 6.46. The average molecular weight is 390 g/mol. The molecule has 0 bridgehead atoms. The normalized spacial score (nSPS) is 9.14. The lowest BCUT2D eigenvalue weighted by Crippen LogP contribution is -2.05. The lowest BCUT2D eigenvalue weighted by atomic mass is 9.96. The molecule has 0 amide bonds. The van der Waals surface area contributed by atoms with Crippen molar-refractivity contribution in [2.24, 2.45) is 0 Å². The van der Waals surface area contributed by atoms with Crippen LogP contribution in [0.1, 0.15) is 69.1 Å². The minimum absolute atomic E-state index is 0.0814. The Morgan fingerprint density at radius 3 is 0.786 bits per heavy atom. The molecule has 0 aliphatic heterocycles. The van der Waals surface area contributed by atoms with E-state index in [1.165, 1.54) is 0 Å². The summed E-state index contributed by atoms with van der Waals surface area (Å²) in [6.07, 6.45) is 0. The van der Waals surface area contributed by atoms with E-state index in [-0.39, 0.29) is 33.4 Å². The minimum atomic E-state index is -1.37. The molecular weight excluding hydrogens is 368 g/mol. The average Bonchev–Trinajstić information content (AvgIpc) is 2.70. The first-order valence-electron chi connectivity index (χ1n) is 8.43. The second-order valence-electron chi connectivity index (χ2n) is 4.82. The van der Waals surface area contributed by atoms with Crippen molar-refractivity contribution < 1.29 is 39.6 Å². The zero-order valence-corrected chi connectivity index (χ0v) is 15.9. The van der Waals surface area contributed by atoms with E-state index in [0.717, 1.165) is 36.4 Å². The SMILES string of the molecule is CC.CC.O=C(O)c1cc(C(=O)O)cc(-c2cc(C(=O)O)cc(C(=O)O)c2)c1. The first kappa shape index (κ1) is 24.3. The number of carboxylic acids is 4. The molecule has 28 heavy (non-hydrogen) atoms. The van der Waals surface area contributed by atoms with Gasteiger partial charge in [-0.05, 0) is 47.5 Å². The number of rotatable bonds is 5. The number of carboxylic acid groups (broad SMARTS) is 4. The number of hydrogen-bond acceptors (Lipinski definition) is 4. The number of aromatic carboxylic acids is 4. The number of hydrogen-bond donors (Lipinski definition) is 4. The summed E-state index contributed by atoms with van der Waals surface area (Å²) < 4.78 is 0. The maximum atomic E-state index is 11.1. The molecule has 0 aromatic heterocycles. The highest BCUT2D eigenvalue weighted by Crippen LogP contribution is 2.26. The summed E-state index contributed by atoms with van der Waals surface area (Å²) in [7, 11) is 0. The van der Waals surface area contributed by atoms with Crippen molar-refractivity contribution in [3.05, 3.63) is 58.7 Å². The topological polar surface area (TPSA) is 149 Å². The molecule has 2 aromatic rings. The van der Waals surface area contributed by atoms with E-state index < -0.39 is 23.9 Å². The van der Waals surface area contributed by atoms with Gasteiger partial charge in [-0.15, -0.1) is 0 Å². The molecule has 2 rings (SSSR count). The zero-order valence-electron chi connectivity index (χ0n) is 15.9. The summed E-state index contributed by atoms with van der Waals surface area (Å²) in [5.41, 5.74) is -1.11. The predicted molar refractivity (Wildman–Crippen MR) is 102 cm³/mol. The minimum Gasteiger partial charge on any atom is -0.478 e. The van der Waals surface area contributed by atoms with Crippen LogP contribution in [0.25, 0.3) is 11.1 Å². The largest absolute Gasteiger partial charge is 0.478 e. The lowest BCUT2D eigenvalue weighted by Gasteiger charge is -2.08. The van der Waals surface area contributed by atoms with Crippen LogP contribution in [-0.4, -0.2) is 44.3 Å². The first-order chi connectivity index (χ1) is 13.2. The van der Waals surface area contributed by atoms with Crippen molar-refractivity contribution in [3.8, 4) is 11.1 Å². The molecule has 0 saturated heterocycles. The van der Waals surface area contributed by atoms with Crippen molar-refractivity contribution >= 4 is 23.9 Å². The molecule has 150 valence electrons. The smallest absolute Gasteiger partial charge is 0.335 e. The molecule has 8 nitrogen and oxygen atoms in total. The van der Waals surface area contributed by atoms with Crippen molar-refractivity contribution in [2.75, 3.05) is 0 Å². The predicted octanol–water partition coefficient (Wildman–Crippen LogP) is 4.20. The van der Waals surface area contributed by atoms with Gasteiger partial charge in [0.1, 0.15) is 0 Å². The van der Waals surface area contributed by atoms with Crippen LogP contribution in [0.3, 0.4) is 0 Å². The summed E-state index contributed by atoms with van der Waals surface area (Å²) in [4.78, 5) is 44.5. The molecule has 0 unspecified atom stereocenters. The van der Waals surface area contributed by atoms with E-state index in [1.54, 1.807) is 0 Å². The number of carbonyl (C=O) groups is 4. The van der Waals surface area contributed by atoms with Gasteiger partial charge < -0.3 is 20.4 Å². The summed E-state index contributed by atoms with van der Waals surface area (Å²) >= 11 is 0. The van der Waals surface area contributed by atoms with Crippen molar-refractivity contribution in [1.82, 2.24) is 0 Å². The van der Waals surface area contributed by atoms with Gasteiger partial charge in [-0.1, -0.05) is 27.7 Å². The van der Waals surface area contributed by atoms with E-state index in [4.69, 9.17) is 20.4 Å². The second-order valence-corrected chi connectivity index (χ2v) is 4.82. The van der Waals surface area contributed by atoms with Crippen LogP contribution in [0.15, 0.2) is 36.4 Å². The van der Waals surface area contributed by atoms with E-state index in [2.05, 4.69) is 0 Å². The molecule has 8 heteroatoms. The van der Waals surface area contributed by atoms with Crippen LogP contribution in [-0.2, 0) is 0 Å². The van der Waals surface area contributed by atoms with Crippen molar-refractivity contribution in [1.29, 1.82) is 0 Å². The molecule has 0 spiro atoms. The first-order valence-corrected chi connectivity index (χ1v) is 8.43. The van der Waals surface area contributed by atoms with Crippen LogP contribution in [0.2, 0.25) is 0 Å². The van der Waals surface area contributed by atoms with E-state index in [1.807, 2.05) is 27.7 Å². The van der Waals surface area contributed by atoms with Gasteiger partial charge in [-0.3, -0.25) is 0 Å². The van der Waals surface area contributed by atoms with Gasteiger partial charge in [0.2, 0.25) is 0 Å². The van der Waals surface area contributed by atoms with Crippen LogP contribution >= 0.6 is 0 Å². The monoisotopic (exact) mass is 390 g/mol. The third-order valence-corrected chi connectivity index (χ3v) is 3.19. The van der Waals surface area contributed by atoms with Gasteiger partial charge in [0.05, 0.1) is 22.3 Å². The van der Waals surface area contributed by atoms with Gasteiger partial charge in [-0.25, -0.2) is 19.2 Å². The molecule has 0 aliphatic carbocycles. The van der Waals surface area contributed by atoms with E-state index in [9.17, 15) is 19.2 Å². The second kappa shape index (κ2) is 11.1. The molecule has 0 atom stereocenters. The Bertz CT molecular complexity index is 746. The quantitative estimate of drug-likeness (QED) is 0.593. The highest BCUT2D eigenvalue weighted by molar-refractivity contribution is 5.98. The van der Waals surface area contributed by atoms with E-state index in [0.29, 0.717) is 0 Å². The standard InChI is InChI=1S/C16H10O8.2C2H6/c17-13(18)9-1-7(2-10(5-9)14(19)20)8-3-11(15(21)22)6-12(4-8)16(23)24;2*1-2/h1-6H,(H,17,18)(H,19,20)(H,21,22)(H,23,24);2*1-2H3. The van der Waals surface area contributed by atoms with E-state index >= 15 is 0 Å². The summed E-state index contributed by atoms with van der Waals surface area (Å²) in [5, 5.41) is 36.3. The Morgan fingerprint density at radius 2 is 0.643 bits per heavy atom. The highest BCUT2D eigenvalue weighted by atomic mass is 16.4. The van der Waals surface area contributed by atoms with Gasteiger partial charge in [0.15, 0.2) is 0 Å². The Labute approximate surface area is 161 Å². The molecule has 4 N–H and O–H groups in total. The maximum Gasteiger partial charge on any atom is 0.335 e. The van der Waals surface area contributed by atoms with Gasteiger partial charge in [0, 0.05) is 0 Å². The fourth-order valence-electron chi connectivity index (χ4n) is 2.08. The van der Waals surface area contributed by atoms with Crippen LogP contribution in [0.5, 0.6) is 0 Å². The molecule has 0 aliphatic rings. The molecular formula is C20H22O8.